The molecule has 1 atom stereocenters. The number of fused-ring (bicyclic) bond motifs is 1. The molecule has 3 heterocycles. The Morgan fingerprint density at radius 3 is 2.52 bits per heavy atom. The van der Waals surface area contributed by atoms with E-state index in [1.54, 1.807) is 12.3 Å². The van der Waals surface area contributed by atoms with Crippen molar-refractivity contribution in [2.24, 2.45) is 5.92 Å². The number of carbonyl (C=O) groups excluding carboxylic acids is 1. The number of hydrogen-bond acceptors (Lipinski definition) is 6. The predicted octanol–water partition coefficient (Wildman–Crippen LogP) is 4.35. The third-order valence-corrected chi connectivity index (χ3v) is 7.32. The molecule has 210 valence electrons. The number of carboxylic acids is 1. The molecule has 1 aliphatic carbocycles. The van der Waals surface area contributed by atoms with Crippen LogP contribution < -0.4 is 5.32 Å². The van der Waals surface area contributed by atoms with E-state index < -0.39 is 30.1 Å². The Balaban J connectivity index is 1.41. The second kappa shape index (κ2) is 10.9. The lowest BCUT2D eigenvalue weighted by atomic mass is 9.81. The highest BCUT2D eigenvalue weighted by molar-refractivity contribution is 6.00. The van der Waals surface area contributed by atoms with Crippen molar-refractivity contribution in [3.63, 3.8) is 0 Å². The van der Waals surface area contributed by atoms with Gasteiger partial charge in [-0.1, -0.05) is 30.3 Å². The van der Waals surface area contributed by atoms with E-state index in [1.165, 1.54) is 10.7 Å². The lowest BCUT2D eigenvalue weighted by molar-refractivity contribution is -0.132. The summed E-state index contributed by atoms with van der Waals surface area (Å²) in [6.07, 6.45) is 0.767. The normalized spacial score (nSPS) is 18.1. The minimum absolute atomic E-state index is 0.0343. The van der Waals surface area contributed by atoms with Gasteiger partial charge >= 0.3 is 18.2 Å². The van der Waals surface area contributed by atoms with Crippen LogP contribution in [0, 0.1) is 5.92 Å². The molecule has 1 aromatic carbocycles. The fourth-order valence-corrected chi connectivity index (χ4v) is 5.16. The van der Waals surface area contributed by atoms with Gasteiger partial charge in [0.2, 0.25) is 5.92 Å². The van der Waals surface area contributed by atoms with Crippen LogP contribution in [0.3, 0.4) is 0 Å². The average molecular weight is 556 g/mol. The SMILES string of the molecule is O=C(NC(c1cn2ncc(C3=C(C(=O)O)CN(C(=O)O)C3)cc2n1)C1CCC(F)(F)CC1)OCc1ccccc1. The largest absolute Gasteiger partial charge is 0.478 e. The van der Waals surface area contributed by atoms with Crippen LogP contribution >= 0.6 is 0 Å². The summed E-state index contributed by atoms with van der Waals surface area (Å²) < 4.78 is 34.6. The van der Waals surface area contributed by atoms with E-state index in [2.05, 4.69) is 15.4 Å². The number of carbonyl (C=O) groups is 3. The van der Waals surface area contributed by atoms with E-state index in [-0.39, 0.29) is 56.9 Å². The first kappa shape index (κ1) is 27.0. The van der Waals surface area contributed by atoms with Gasteiger partial charge in [-0.2, -0.15) is 5.10 Å². The van der Waals surface area contributed by atoms with E-state index in [0.29, 0.717) is 22.5 Å². The summed E-state index contributed by atoms with van der Waals surface area (Å²) in [5.74, 6) is -4.31. The van der Waals surface area contributed by atoms with Crippen molar-refractivity contribution in [3.8, 4) is 0 Å². The minimum atomic E-state index is -2.76. The number of nitrogens with one attached hydrogen (secondary N) is 1. The molecule has 2 aliphatic rings. The molecule has 0 radical (unpaired) electrons. The summed E-state index contributed by atoms with van der Waals surface area (Å²) in [5.41, 5.74) is 2.16. The number of aliphatic carboxylic acids is 1. The molecule has 2 amide bonds. The zero-order chi connectivity index (χ0) is 28.4. The zero-order valence-corrected chi connectivity index (χ0v) is 21.3. The number of carboxylic acid groups (broad SMARTS) is 2. The Morgan fingerprint density at radius 1 is 1.12 bits per heavy atom. The number of hydrogen-bond donors (Lipinski definition) is 3. The number of amides is 2. The smallest absolute Gasteiger partial charge is 0.408 e. The molecular formula is C27H27F2N5O6. The third kappa shape index (κ3) is 5.87. The topological polar surface area (TPSA) is 146 Å². The van der Waals surface area contributed by atoms with Gasteiger partial charge in [-0.25, -0.2) is 32.7 Å². The molecule has 3 aromatic rings. The van der Waals surface area contributed by atoms with Gasteiger partial charge in [-0.15, -0.1) is 0 Å². The van der Waals surface area contributed by atoms with Crippen molar-refractivity contribution in [2.45, 2.75) is 44.3 Å². The lowest BCUT2D eigenvalue weighted by Crippen LogP contribution is -2.37. The molecule has 11 nitrogen and oxygen atoms in total. The molecule has 1 saturated carbocycles. The molecule has 0 bridgehead atoms. The minimum Gasteiger partial charge on any atom is -0.478 e. The monoisotopic (exact) mass is 555 g/mol. The average Bonchev–Trinajstić information content (AvgIpc) is 3.56. The van der Waals surface area contributed by atoms with E-state index >= 15 is 0 Å². The van der Waals surface area contributed by atoms with E-state index in [9.17, 15) is 33.4 Å². The number of nitrogens with zero attached hydrogens (tertiary/aromatic N) is 4. The summed E-state index contributed by atoms with van der Waals surface area (Å²) in [4.78, 5) is 41.5. The summed E-state index contributed by atoms with van der Waals surface area (Å²) in [6.45, 7) is -0.336. The first-order valence-electron chi connectivity index (χ1n) is 12.7. The van der Waals surface area contributed by atoms with E-state index in [1.807, 2.05) is 30.3 Å². The van der Waals surface area contributed by atoms with Crippen molar-refractivity contribution in [3.05, 3.63) is 71.2 Å². The maximum Gasteiger partial charge on any atom is 0.408 e. The summed E-state index contributed by atoms with van der Waals surface area (Å²) >= 11 is 0. The van der Waals surface area contributed by atoms with Crippen molar-refractivity contribution in [2.75, 3.05) is 13.1 Å². The maximum atomic E-state index is 13.9. The van der Waals surface area contributed by atoms with Crippen LogP contribution in [0.15, 0.2) is 54.4 Å². The molecule has 5 rings (SSSR count). The lowest BCUT2D eigenvalue weighted by Gasteiger charge is -2.33. The van der Waals surface area contributed by atoms with Crippen LogP contribution in [-0.2, 0) is 16.1 Å². The highest BCUT2D eigenvalue weighted by Gasteiger charge is 2.39. The quantitative estimate of drug-likeness (QED) is 0.390. The van der Waals surface area contributed by atoms with Crippen molar-refractivity contribution in [1.82, 2.24) is 24.8 Å². The first-order chi connectivity index (χ1) is 19.1. The second-order valence-corrected chi connectivity index (χ2v) is 9.99. The molecule has 2 aromatic heterocycles. The van der Waals surface area contributed by atoms with Gasteiger partial charge < -0.3 is 20.3 Å². The van der Waals surface area contributed by atoms with Gasteiger partial charge in [-0.05, 0) is 36.0 Å². The molecule has 1 aliphatic heterocycles. The number of alkyl halides is 2. The number of aromatic nitrogens is 3. The van der Waals surface area contributed by atoms with Crippen LogP contribution in [0.2, 0.25) is 0 Å². The fourth-order valence-electron chi connectivity index (χ4n) is 5.16. The molecule has 13 heteroatoms. The standard InChI is InChI=1S/C27H27F2N5O6/c28-27(29)8-6-17(7-9-27)23(32-25(37)40-15-16-4-2-1-3-5-16)21-14-34-22(31-21)10-18(11-30-34)19-12-33(26(38)39)13-20(19)24(35)36/h1-5,10-11,14,17,23H,6-9,12-13,15H2,(H,32,37)(H,35,36)(H,38,39). The Hall–Kier alpha value is -4.55. The Kier molecular flexibility index (Phi) is 7.37. The van der Waals surface area contributed by atoms with Crippen LogP contribution in [0.4, 0.5) is 18.4 Å². The highest BCUT2D eigenvalue weighted by atomic mass is 19.3. The van der Waals surface area contributed by atoms with Crippen molar-refractivity contribution >= 4 is 29.4 Å². The molecule has 0 spiro atoms. The summed E-state index contributed by atoms with van der Waals surface area (Å²) in [7, 11) is 0. The number of rotatable bonds is 7. The Labute approximate surface area is 227 Å². The summed E-state index contributed by atoms with van der Waals surface area (Å²) in [6, 6.07) is 9.95. The fraction of sp³-hybridized carbons (Fsp3) is 0.370. The number of benzene rings is 1. The van der Waals surface area contributed by atoms with Crippen LogP contribution in [0.25, 0.3) is 11.2 Å². The first-order valence-corrected chi connectivity index (χ1v) is 12.7. The number of ether oxygens (including phenoxy) is 1. The van der Waals surface area contributed by atoms with Gasteiger partial charge in [0.05, 0.1) is 42.8 Å². The molecule has 0 saturated heterocycles. The number of imidazole rings is 1. The van der Waals surface area contributed by atoms with Crippen molar-refractivity contribution in [1.29, 1.82) is 0 Å². The number of halogens is 2. The molecule has 3 N–H and O–H groups in total. The highest BCUT2D eigenvalue weighted by Crippen LogP contribution is 2.41. The van der Waals surface area contributed by atoms with E-state index in [4.69, 9.17) is 4.74 Å². The summed E-state index contributed by atoms with van der Waals surface area (Å²) in [5, 5.41) is 26.0. The second-order valence-electron chi connectivity index (χ2n) is 9.99. The molecular weight excluding hydrogens is 528 g/mol. The Bertz CT molecular complexity index is 1460. The molecule has 1 fully saturated rings. The van der Waals surface area contributed by atoms with Crippen LogP contribution in [-0.4, -0.2) is 66.9 Å². The van der Waals surface area contributed by atoms with Gasteiger partial charge in [0.25, 0.3) is 0 Å². The van der Waals surface area contributed by atoms with Gasteiger partial charge in [0.1, 0.15) is 6.61 Å². The third-order valence-electron chi connectivity index (χ3n) is 7.32. The molecule has 1 unspecified atom stereocenters. The maximum absolute atomic E-state index is 13.9. The predicted molar refractivity (Wildman–Crippen MR) is 137 cm³/mol. The van der Waals surface area contributed by atoms with Crippen molar-refractivity contribution < 1.29 is 38.1 Å². The molecule has 40 heavy (non-hydrogen) atoms. The van der Waals surface area contributed by atoms with Crippen LogP contribution in [0.5, 0.6) is 0 Å². The number of alkyl carbamates (subject to hydrolysis) is 1. The van der Waals surface area contributed by atoms with Crippen LogP contribution in [0.1, 0.15) is 48.5 Å². The van der Waals surface area contributed by atoms with Gasteiger partial charge in [-0.3, -0.25) is 4.90 Å². The van der Waals surface area contributed by atoms with E-state index in [0.717, 1.165) is 10.5 Å². The Morgan fingerprint density at radius 2 is 1.85 bits per heavy atom. The zero-order valence-electron chi connectivity index (χ0n) is 21.3. The van der Waals surface area contributed by atoms with Gasteiger partial charge in [0.15, 0.2) is 5.65 Å². The van der Waals surface area contributed by atoms with Gasteiger partial charge in [0, 0.05) is 18.4 Å².